The van der Waals surface area contributed by atoms with Crippen LogP contribution in [0.2, 0.25) is 0 Å². The second-order valence-corrected chi connectivity index (χ2v) is 9.70. The SMILES string of the molecule is COc1cccc(C(=O)N2CCN(c3ccc(NC(=O)CSC4=NCCS4)cc3)CC2)c1. The molecule has 2 aliphatic heterocycles. The number of amides is 2. The van der Waals surface area contributed by atoms with Gasteiger partial charge in [0.1, 0.15) is 10.1 Å². The van der Waals surface area contributed by atoms with Crippen molar-refractivity contribution in [3.05, 3.63) is 54.1 Å². The van der Waals surface area contributed by atoms with Gasteiger partial charge in [0.15, 0.2) is 0 Å². The van der Waals surface area contributed by atoms with E-state index in [2.05, 4.69) is 15.2 Å². The first kappa shape index (κ1) is 22.5. The van der Waals surface area contributed by atoms with Crippen LogP contribution in [0.15, 0.2) is 53.5 Å². The van der Waals surface area contributed by atoms with E-state index in [9.17, 15) is 9.59 Å². The molecule has 0 bridgehead atoms. The Bertz CT molecular complexity index is 989. The van der Waals surface area contributed by atoms with E-state index < -0.39 is 0 Å². The minimum Gasteiger partial charge on any atom is -0.497 e. The standard InChI is InChI=1S/C23H26N4O3S2/c1-30-20-4-2-3-17(15-20)22(29)27-12-10-26(11-13-27)19-7-5-18(6-8-19)25-21(28)16-32-23-24-9-14-31-23/h2-8,15H,9-14,16H2,1H3,(H,25,28). The van der Waals surface area contributed by atoms with Crippen molar-refractivity contribution in [3.8, 4) is 5.75 Å². The molecule has 1 N–H and O–H groups in total. The smallest absolute Gasteiger partial charge is 0.254 e. The number of carbonyl (C=O) groups is 2. The summed E-state index contributed by atoms with van der Waals surface area (Å²) in [6, 6.07) is 15.1. The molecule has 4 rings (SSSR count). The van der Waals surface area contributed by atoms with Gasteiger partial charge in [0.05, 0.1) is 19.4 Å². The zero-order valence-electron chi connectivity index (χ0n) is 18.0. The summed E-state index contributed by atoms with van der Waals surface area (Å²) in [6.07, 6.45) is 0. The fraction of sp³-hybridized carbons (Fsp3) is 0.348. The van der Waals surface area contributed by atoms with Crippen molar-refractivity contribution < 1.29 is 14.3 Å². The Kier molecular flexibility index (Phi) is 7.59. The minimum absolute atomic E-state index is 0.0254. The molecule has 0 aliphatic carbocycles. The van der Waals surface area contributed by atoms with Crippen molar-refractivity contribution in [2.75, 3.05) is 61.6 Å². The van der Waals surface area contributed by atoms with E-state index in [1.54, 1.807) is 24.9 Å². The van der Waals surface area contributed by atoms with Gasteiger partial charge in [-0.2, -0.15) is 0 Å². The maximum atomic E-state index is 12.8. The average molecular weight is 471 g/mol. The van der Waals surface area contributed by atoms with Gasteiger partial charge in [0, 0.05) is 48.9 Å². The Morgan fingerprint density at radius 3 is 2.59 bits per heavy atom. The Balaban J connectivity index is 1.26. The Morgan fingerprint density at radius 1 is 1.12 bits per heavy atom. The number of methoxy groups -OCH3 is 1. The van der Waals surface area contributed by atoms with Gasteiger partial charge in [-0.05, 0) is 42.5 Å². The van der Waals surface area contributed by atoms with Crippen LogP contribution in [0.5, 0.6) is 5.75 Å². The van der Waals surface area contributed by atoms with Gasteiger partial charge in [-0.3, -0.25) is 14.6 Å². The van der Waals surface area contributed by atoms with Crippen LogP contribution in [0.1, 0.15) is 10.4 Å². The number of nitrogens with zero attached hydrogens (tertiary/aromatic N) is 3. The summed E-state index contributed by atoms with van der Waals surface area (Å²) in [5, 5.41) is 2.94. The number of hydrogen-bond acceptors (Lipinski definition) is 7. The molecule has 1 saturated heterocycles. The van der Waals surface area contributed by atoms with Crippen LogP contribution in [0.3, 0.4) is 0 Å². The molecule has 32 heavy (non-hydrogen) atoms. The maximum Gasteiger partial charge on any atom is 0.254 e. The first-order chi connectivity index (χ1) is 15.6. The van der Waals surface area contributed by atoms with E-state index in [-0.39, 0.29) is 11.8 Å². The van der Waals surface area contributed by atoms with Gasteiger partial charge in [0.2, 0.25) is 5.91 Å². The summed E-state index contributed by atoms with van der Waals surface area (Å²) in [5.41, 5.74) is 2.52. The van der Waals surface area contributed by atoms with Crippen LogP contribution in [0.4, 0.5) is 11.4 Å². The fourth-order valence-electron chi connectivity index (χ4n) is 3.59. The quantitative estimate of drug-likeness (QED) is 0.697. The number of carbonyl (C=O) groups excluding carboxylic acids is 2. The summed E-state index contributed by atoms with van der Waals surface area (Å²) >= 11 is 3.20. The molecule has 0 unspecified atom stereocenters. The number of rotatable bonds is 6. The third-order valence-corrected chi connectivity index (χ3v) is 7.54. The summed E-state index contributed by atoms with van der Waals surface area (Å²) < 4.78 is 6.22. The maximum absolute atomic E-state index is 12.8. The van der Waals surface area contributed by atoms with Gasteiger partial charge in [-0.15, -0.1) is 0 Å². The highest BCUT2D eigenvalue weighted by atomic mass is 32.2. The molecule has 9 heteroatoms. The lowest BCUT2D eigenvalue weighted by atomic mass is 10.1. The molecule has 7 nitrogen and oxygen atoms in total. The molecule has 0 spiro atoms. The molecule has 2 aliphatic rings. The molecule has 0 radical (unpaired) electrons. The highest BCUT2D eigenvalue weighted by Gasteiger charge is 2.22. The number of thioether (sulfide) groups is 2. The lowest BCUT2D eigenvalue weighted by molar-refractivity contribution is -0.113. The Hall–Kier alpha value is -2.65. The molecule has 168 valence electrons. The van der Waals surface area contributed by atoms with Crippen LogP contribution < -0.4 is 15.0 Å². The van der Waals surface area contributed by atoms with E-state index in [0.29, 0.717) is 30.2 Å². The van der Waals surface area contributed by atoms with Gasteiger partial charge >= 0.3 is 0 Å². The predicted octanol–water partition coefficient (Wildman–Crippen LogP) is 3.43. The van der Waals surface area contributed by atoms with Gasteiger partial charge in [-0.1, -0.05) is 29.6 Å². The van der Waals surface area contributed by atoms with E-state index in [0.717, 1.165) is 41.1 Å². The van der Waals surface area contributed by atoms with Gasteiger partial charge in [0.25, 0.3) is 5.91 Å². The first-order valence-corrected chi connectivity index (χ1v) is 12.5. The molecule has 2 heterocycles. The summed E-state index contributed by atoms with van der Waals surface area (Å²) in [5.74, 6) is 2.07. The number of benzene rings is 2. The number of piperazine rings is 1. The third kappa shape index (κ3) is 5.77. The molecule has 0 aromatic heterocycles. The van der Waals surface area contributed by atoms with Crippen LogP contribution in [0.25, 0.3) is 0 Å². The van der Waals surface area contributed by atoms with E-state index in [1.807, 2.05) is 47.4 Å². The Labute approximate surface area is 196 Å². The molecule has 0 atom stereocenters. The number of nitrogens with one attached hydrogen (secondary N) is 1. The highest BCUT2D eigenvalue weighted by molar-refractivity contribution is 8.39. The lowest BCUT2D eigenvalue weighted by Gasteiger charge is -2.36. The van der Waals surface area contributed by atoms with Crippen LogP contribution in [-0.4, -0.2) is 72.4 Å². The minimum atomic E-state index is -0.0254. The van der Waals surface area contributed by atoms with Crippen molar-refractivity contribution in [2.24, 2.45) is 4.99 Å². The molecule has 2 amide bonds. The van der Waals surface area contributed by atoms with Crippen molar-refractivity contribution in [3.63, 3.8) is 0 Å². The fourth-order valence-corrected chi connectivity index (χ4v) is 5.40. The van der Waals surface area contributed by atoms with Gasteiger partial charge < -0.3 is 19.9 Å². The number of ether oxygens (including phenoxy) is 1. The molecule has 2 aromatic carbocycles. The first-order valence-electron chi connectivity index (χ1n) is 10.5. The summed E-state index contributed by atoms with van der Waals surface area (Å²) in [6.45, 7) is 3.69. The summed E-state index contributed by atoms with van der Waals surface area (Å²) in [7, 11) is 1.60. The van der Waals surface area contributed by atoms with Crippen LogP contribution in [-0.2, 0) is 4.79 Å². The molecular weight excluding hydrogens is 444 g/mol. The van der Waals surface area contributed by atoms with Crippen molar-refractivity contribution >= 4 is 51.1 Å². The Morgan fingerprint density at radius 2 is 1.91 bits per heavy atom. The van der Waals surface area contributed by atoms with E-state index in [4.69, 9.17) is 4.74 Å². The molecule has 0 saturated carbocycles. The van der Waals surface area contributed by atoms with Crippen molar-refractivity contribution in [1.29, 1.82) is 0 Å². The summed E-state index contributed by atoms with van der Waals surface area (Å²) in [4.78, 5) is 33.4. The van der Waals surface area contributed by atoms with Crippen molar-refractivity contribution in [1.82, 2.24) is 4.90 Å². The normalized spacial score (nSPS) is 16.0. The number of aliphatic imine (C=N–C) groups is 1. The predicted molar refractivity (Wildman–Crippen MR) is 133 cm³/mol. The highest BCUT2D eigenvalue weighted by Crippen LogP contribution is 2.23. The zero-order valence-corrected chi connectivity index (χ0v) is 19.6. The lowest BCUT2D eigenvalue weighted by Crippen LogP contribution is -2.48. The van der Waals surface area contributed by atoms with Crippen molar-refractivity contribution in [2.45, 2.75) is 0 Å². The monoisotopic (exact) mass is 470 g/mol. The second-order valence-electron chi connectivity index (χ2n) is 7.39. The number of hydrogen-bond donors (Lipinski definition) is 1. The van der Waals surface area contributed by atoms with E-state index >= 15 is 0 Å². The van der Waals surface area contributed by atoms with E-state index in [1.165, 1.54) is 11.8 Å². The van der Waals surface area contributed by atoms with Crippen LogP contribution >= 0.6 is 23.5 Å². The molecule has 1 fully saturated rings. The third-order valence-electron chi connectivity index (χ3n) is 5.28. The molecular formula is C23H26N4O3S2. The van der Waals surface area contributed by atoms with Gasteiger partial charge in [-0.25, -0.2) is 0 Å². The molecule has 2 aromatic rings. The largest absolute Gasteiger partial charge is 0.497 e. The average Bonchev–Trinajstić information content (AvgIpc) is 3.37. The van der Waals surface area contributed by atoms with Crippen LogP contribution in [0, 0.1) is 0 Å². The topological polar surface area (TPSA) is 74.2 Å². The second kappa shape index (κ2) is 10.8. The zero-order chi connectivity index (χ0) is 22.3. The number of anilines is 2.